The van der Waals surface area contributed by atoms with E-state index in [1.54, 1.807) is 23.0 Å². The summed E-state index contributed by atoms with van der Waals surface area (Å²) in [7, 11) is 0. The van der Waals surface area contributed by atoms with E-state index in [9.17, 15) is 9.90 Å². The van der Waals surface area contributed by atoms with Crippen LogP contribution in [0.2, 0.25) is 5.02 Å². The number of carbonyl (C=O) groups excluding carboxylic acids is 1. The summed E-state index contributed by atoms with van der Waals surface area (Å²) in [5, 5.41) is 17.6. The van der Waals surface area contributed by atoms with Crippen molar-refractivity contribution in [3.63, 3.8) is 0 Å². The Morgan fingerprint density at radius 1 is 1.24 bits per heavy atom. The van der Waals surface area contributed by atoms with Gasteiger partial charge in [-0.1, -0.05) is 29.8 Å². The lowest BCUT2D eigenvalue weighted by molar-refractivity contribution is -0.116. The molecule has 2 heterocycles. The summed E-state index contributed by atoms with van der Waals surface area (Å²) >= 11 is 6.23. The first kappa shape index (κ1) is 15.7. The molecule has 2 aromatic carbocycles. The summed E-state index contributed by atoms with van der Waals surface area (Å²) in [5.41, 5.74) is 3.65. The van der Waals surface area contributed by atoms with Crippen LogP contribution in [0.3, 0.4) is 0 Å². The third-order valence-electron chi connectivity index (χ3n) is 4.58. The Hall–Kier alpha value is -2.79. The molecule has 0 saturated carbocycles. The average Bonchev–Trinajstić information content (AvgIpc) is 3.01. The average molecular weight is 354 g/mol. The Labute approximate surface area is 149 Å². The number of amides is 1. The fourth-order valence-electron chi connectivity index (χ4n) is 3.23. The van der Waals surface area contributed by atoms with E-state index in [0.717, 1.165) is 22.4 Å². The molecule has 5 nitrogen and oxygen atoms in total. The zero-order valence-corrected chi connectivity index (χ0v) is 14.3. The molecule has 1 amide bonds. The number of halogens is 1. The maximum atomic E-state index is 12.3. The number of rotatable bonds is 2. The van der Waals surface area contributed by atoms with Crippen molar-refractivity contribution in [1.82, 2.24) is 9.78 Å². The van der Waals surface area contributed by atoms with Crippen molar-refractivity contribution in [3.8, 4) is 11.4 Å². The molecule has 2 N–H and O–H groups in total. The van der Waals surface area contributed by atoms with Crippen LogP contribution in [-0.4, -0.2) is 20.8 Å². The summed E-state index contributed by atoms with van der Waals surface area (Å²) in [5.74, 6) is 0.707. The number of aromatic nitrogens is 2. The monoisotopic (exact) mass is 353 g/mol. The van der Waals surface area contributed by atoms with Crippen molar-refractivity contribution in [2.45, 2.75) is 19.3 Å². The van der Waals surface area contributed by atoms with Crippen LogP contribution in [0.1, 0.15) is 29.0 Å². The van der Waals surface area contributed by atoms with Gasteiger partial charge in [-0.15, -0.1) is 0 Å². The number of anilines is 1. The smallest absolute Gasteiger partial charge is 0.226 e. The second-order valence-electron chi connectivity index (χ2n) is 6.14. The predicted molar refractivity (Wildman–Crippen MR) is 96.5 cm³/mol. The van der Waals surface area contributed by atoms with E-state index >= 15 is 0 Å². The fourth-order valence-corrected chi connectivity index (χ4v) is 3.40. The van der Waals surface area contributed by atoms with Gasteiger partial charge in [-0.2, -0.15) is 5.10 Å². The molecule has 0 spiro atoms. The molecule has 0 aliphatic carbocycles. The van der Waals surface area contributed by atoms with E-state index in [2.05, 4.69) is 10.4 Å². The van der Waals surface area contributed by atoms with Gasteiger partial charge < -0.3 is 10.4 Å². The molecular weight excluding hydrogens is 338 g/mol. The highest BCUT2D eigenvalue weighted by Crippen LogP contribution is 2.39. The second kappa shape index (κ2) is 5.93. The van der Waals surface area contributed by atoms with Crippen LogP contribution in [-0.2, 0) is 4.79 Å². The maximum absolute atomic E-state index is 12.3. The fraction of sp³-hybridized carbons (Fsp3) is 0.158. The highest BCUT2D eigenvalue weighted by atomic mass is 35.5. The minimum Gasteiger partial charge on any atom is -0.508 e. The molecule has 0 bridgehead atoms. The Morgan fingerprint density at radius 3 is 2.76 bits per heavy atom. The number of phenols is 1. The van der Waals surface area contributed by atoms with E-state index in [0.29, 0.717) is 17.3 Å². The maximum Gasteiger partial charge on any atom is 0.226 e. The predicted octanol–water partition coefficient (Wildman–Crippen LogP) is 4.01. The third-order valence-corrected chi connectivity index (χ3v) is 4.99. The first-order valence-electron chi connectivity index (χ1n) is 7.97. The molecular formula is C19H16ClN3O2. The van der Waals surface area contributed by atoms with Crippen molar-refractivity contribution in [2.75, 3.05) is 5.32 Å². The molecule has 4 rings (SSSR count). The number of nitrogens with one attached hydrogen (secondary N) is 1. The molecule has 1 aliphatic heterocycles. The molecule has 126 valence electrons. The topological polar surface area (TPSA) is 67.2 Å². The normalized spacial score (nSPS) is 16.4. The van der Waals surface area contributed by atoms with Crippen molar-refractivity contribution < 1.29 is 9.90 Å². The standard InChI is InChI=1S/C19H16ClN3O2/c1-11-16(20)3-2-4-17(11)23-19-15(10-21-23)14(9-18(25)22-19)12-5-7-13(24)8-6-12/h2-8,10,14,24H,9H2,1H3,(H,22,25)/t14-/m1/s1. The van der Waals surface area contributed by atoms with E-state index in [1.165, 1.54) is 0 Å². The van der Waals surface area contributed by atoms with Gasteiger partial charge in [-0.05, 0) is 42.3 Å². The van der Waals surface area contributed by atoms with Gasteiger partial charge in [0.15, 0.2) is 0 Å². The zero-order chi connectivity index (χ0) is 17.6. The molecule has 0 unspecified atom stereocenters. The lowest BCUT2D eigenvalue weighted by Gasteiger charge is -2.24. The minimum atomic E-state index is -0.0995. The summed E-state index contributed by atoms with van der Waals surface area (Å²) in [4.78, 5) is 12.3. The molecule has 0 saturated heterocycles. The molecule has 6 heteroatoms. The van der Waals surface area contributed by atoms with Crippen molar-refractivity contribution >= 4 is 23.3 Å². The number of phenolic OH excluding ortho intramolecular Hbond substituents is 1. The Balaban J connectivity index is 1.84. The number of carbonyl (C=O) groups is 1. The van der Waals surface area contributed by atoms with Crippen LogP contribution in [0.5, 0.6) is 5.75 Å². The number of benzene rings is 2. The highest BCUT2D eigenvalue weighted by Gasteiger charge is 2.30. The Morgan fingerprint density at radius 2 is 2.00 bits per heavy atom. The lowest BCUT2D eigenvalue weighted by atomic mass is 9.87. The molecule has 3 aromatic rings. The first-order chi connectivity index (χ1) is 12.0. The van der Waals surface area contributed by atoms with Crippen molar-refractivity contribution in [1.29, 1.82) is 0 Å². The summed E-state index contributed by atoms with van der Waals surface area (Å²) in [6, 6.07) is 12.6. The van der Waals surface area contributed by atoms with Crippen LogP contribution in [0.15, 0.2) is 48.7 Å². The molecule has 1 aromatic heterocycles. The van der Waals surface area contributed by atoms with Crippen LogP contribution in [0.4, 0.5) is 5.82 Å². The Bertz CT molecular complexity index is 963. The van der Waals surface area contributed by atoms with Gasteiger partial charge in [0.05, 0.1) is 11.9 Å². The SMILES string of the molecule is Cc1c(Cl)cccc1-n1ncc2c1NC(=O)C[C@@H]2c1ccc(O)cc1. The van der Waals surface area contributed by atoms with Gasteiger partial charge in [0.25, 0.3) is 0 Å². The van der Waals surface area contributed by atoms with E-state index in [1.807, 2.05) is 37.3 Å². The number of fused-ring (bicyclic) bond motifs is 1. The van der Waals surface area contributed by atoms with Gasteiger partial charge in [0.1, 0.15) is 11.6 Å². The molecule has 1 atom stereocenters. The first-order valence-corrected chi connectivity index (χ1v) is 8.34. The summed E-state index contributed by atoms with van der Waals surface area (Å²) in [6.07, 6.45) is 2.13. The number of hydrogen-bond acceptors (Lipinski definition) is 3. The van der Waals surface area contributed by atoms with Crippen LogP contribution in [0, 0.1) is 6.92 Å². The summed E-state index contributed by atoms with van der Waals surface area (Å²) in [6.45, 7) is 1.92. The molecule has 25 heavy (non-hydrogen) atoms. The number of hydrogen-bond donors (Lipinski definition) is 2. The van der Waals surface area contributed by atoms with Crippen LogP contribution in [0.25, 0.3) is 5.69 Å². The minimum absolute atomic E-state index is 0.0630. The Kier molecular flexibility index (Phi) is 3.73. The van der Waals surface area contributed by atoms with E-state index < -0.39 is 0 Å². The van der Waals surface area contributed by atoms with E-state index in [-0.39, 0.29) is 17.6 Å². The van der Waals surface area contributed by atoms with Gasteiger partial charge in [0, 0.05) is 22.9 Å². The highest BCUT2D eigenvalue weighted by molar-refractivity contribution is 6.31. The van der Waals surface area contributed by atoms with Gasteiger partial charge in [0.2, 0.25) is 5.91 Å². The van der Waals surface area contributed by atoms with Gasteiger partial charge in [-0.3, -0.25) is 4.79 Å². The van der Waals surface area contributed by atoms with Crippen LogP contribution >= 0.6 is 11.6 Å². The van der Waals surface area contributed by atoms with Crippen molar-refractivity contribution in [2.24, 2.45) is 0 Å². The quantitative estimate of drug-likeness (QED) is 0.731. The summed E-state index contributed by atoms with van der Waals surface area (Å²) < 4.78 is 1.72. The largest absolute Gasteiger partial charge is 0.508 e. The number of aromatic hydroxyl groups is 1. The molecule has 0 fully saturated rings. The zero-order valence-electron chi connectivity index (χ0n) is 13.5. The number of nitrogens with zero attached hydrogens (tertiary/aromatic N) is 2. The van der Waals surface area contributed by atoms with Crippen LogP contribution < -0.4 is 5.32 Å². The van der Waals surface area contributed by atoms with E-state index in [4.69, 9.17) is 11.6 Å². The lowest BCUT2D eigenvalue weighted by Crippen LogP contribution is -2.24. The molecule has 0 radical (unpaired) electrons. The second-order valence-corrected chi connectivity index (χ2v) is 6.55. The molecule has 1 aliphatic rings. The van der Waals surface area contributed by atoms with Gasteiger partial charge in [-0.25, -0.2) is 4.68 Å². The van der Waals surface area contributed by atoms with Gasteiger partial charge >= 0.3 is 0 Å². The van der Waals surface area contributed by atoms with Crippen molar-refractivity contribution in [3.05, 3.63) is 70.4 Å². The third kappa shape index (κ3) is 2.66.